The molecular formula is C13H16O3. The van der Waals surface area contributed by atoms with Gasteiger partial charge in [0.05, 0.1) is 13.0 Å². The number of aromatic hydroxyl groups is 1. The van der Waals surface area contributed by atoms with Crippen molar-refractivity contribution in [1.82, 2.24) is 0 Å². The van der Waals surface area contributed by atoms with Gasteiger partial charge in [0.1, 0.15) is 5.75 Å². The topological polar surface area (TPSA) is 46.5 Å². The lowest BCUT2D eigenvalue weighted by Gasteiger charge is -2.17. The second kappa shape index (κ2) is 4.16. The molecule has 3 heteroatoms. The number of hydrogen-bond acceptors (Lipinski definition) is 3. The molecule has 0 spiro atoms. The lowest BCUT2D eigenvalue weighted by molar-refractivity contribution is -0.145. The molecule has 0 saturated heterocycles. The average Bonchev–Trinajstić information content (AvgIpc) is 2.69. The standard InChI is InChI=1S/C13H16O3/c1-8(13(15)16-2)11-5-3-9-7-10(14)4-6-12(9)11/h4,6-8,11,14H,3,5H2,1-2H3/t8?,11-/m0/s1. The molecule has 1 aliphatic carbocycles. The van der Waals surface area contributed by atoms with Crippen LogP contribution in [0.4, 0.5) is 0 Å². The minimum atomic E-state index is -0.161. The third kappa shape index (κ3) is 1.77. The molecule has 16 heavy (non-hydrogen) atoms. The molecule has 0 saturated carbocycles. The summed E-state index contributed by atoms with van der Waals surface area (Å²) < 4.78 is 4.77. The summed E-state index contributed by atoms with van der Waals surface area (Å²) in [5, 5.41) is 9.38. The Labute approximate surface area is 95.0 Å². The van der Waals surface area contributed by atoms with Crippen LogP contribution in [0.1, 0.15) is 30.4 Å². The number of benzene rings is 1. The molecule has 1 aromatic rings. The molecule has 1 N–H and O–H groups in total. The minimum Gasteiger partial charge on any atom is -0.508 e. The van der Waals surface area contributed by atoms with Crippen molar-refractivity contribution in [2.75, 3.05) is 7.11 Å². The fourth-order valence-corrected chi connectivity index (χ4v) is 2.51. The van der Waals surface area contributed by atoms with Crippen molar-refractivity contribution in [3.8, 4) is 5.75 Å². The van der Waals surface area contributed by atoms with Gasteiger partial charge in [0, 0.05) is 0 Å². The van der Waals surface area contributed by atoms with E-state index in [1.807, 2.05) is 13.0 Å². The Morgan fingerprint density at radius 1 is 1.56 bits per heavy atom. The summed E-state index contributed by atoms with van der Waals surface area (Å²) in [6, 6.07) is 5.39. The maximum absolute atomic E-state index is 11.5. The van der Waals surface area contributed by atoms with Crippen LogP contribution in [0.15, 0.2) is 18.2 Å². The molecule has 1 aromatic carbocycles. The summed E-state index contributed by atoms with van der Waals surface area (Å²) in [5.74, 6) is 0.245. The zero-order valence-electron chi connectivity index (χ0n) is 9.56. The van der Waals surface area contributed by atoms with E-state index < -0.39 is 0 Å². The maximum Gasteiger partial charge on any atom is 0.308 e. The SMILES string of the molecule is COC(=O)C(C)[C@@H]1CCc2cc(O)ccc21. The number of phenols is 1. The van der Waals surface area contributed by atoms with Gasteiger partial charge < -0.3 is 9.84 Å². The zero-order chi connectivity index (χ0) is 11.7. The lowest BCUT2D eigenvalue weighted by Crippen LogP contribution is -2.19. The van der Waals surface area contributed by atoms with Crippen LogP contribution in [0, 0.1) is 5.92 Å². The summed E-state index contributed by atoms with van der Waals surface area (Å²) in [6.45, 7) is 1.90. The second-order valence-electron chi connectivity index (χ2n) is 4.34. The van der Waals surface area contributed by atoms with Gasteiger partial charge in [0.25, 0.3) is 0 Å². The molecule has 86 valence electrons. The number of phenolic OH excluding ortho intramolecular Hbond substituents is 1. The van der Waals surface area contributed by atoms with Crippen molar-refractivity contribution in [2.45, 2.75) is 25.7 Å². The van der Waals surface area contributed by atoms with Crippen molar-refractivity contribution in [2.24, 2.45) is 5.92 Å². The number of rotatable bonds is 2. The van der Waals surface area contributed by atoms with Crippen LogP contribution in [0.25, 0.3) is 0 Å². The maximum atomic E-state index is 11.5. The first kappa shape index (κ1) is 11.0. The van der Waals surface area contributed by atoms with Crippen LogP contribution < -0.4 is 0 Å². The van der Waals surface area contributed by atoms with E-state index in [4.69, 9.17) is 4.74 Å². The first-order valence-electron chi connectivity index (χ1n) is 5.53. The Bertz CT molecular complexity index is 412. The molecule has 0 aliphatic heterocycles. The summed E-state index contributed by atoms with van der Waals surface area (Å²) >= 11 is 0. The van der Waals surface area contributed by atoms with E-state index in [1.165, 1.54) is 12.7 Å². The highest BCUT2D eigenvalue weighted by atomic mass is 16.5. The van der Waals surface area contributed by atoms with Crippen molar-refractivity contribution < 1.29 is 14.6 Å². The smallest absolute Gasteiger partial charge is 0.308 e. The van der Waals surface area contributed by atoms with E-state index in [2.05, 4.69) is 0 Å². The highest BCUT2D eigenvalue weighted by molar-refractivity contribution is 5.73. The minimum absolute atomic E-state index is 0.115. The second-order valence-corrected chi connectivity index (χ2v) is 4.34. The molecule has 0 fully saturated rings. The highest BCUT2D eigenvalue weighted by Crippen LogP contribution is 2.39. The van der Waals surface area contributed by atoms with Gasteiger partial charge in [0.15, 0.2) is 0 Å². The van der Waals surface area contributed by atoms with E-state index in [9.17, 15) is 9.90 Å². The third-order valence-electron chi connectivity index (χ3n) is 3.43. The highest BCUT2D eigenvalue weighted by Gasteiger charge is 2.31. The van der Waals surface area contributed by atoms with Gasteiger partial charge in [-0.15, -0.1) is 0 Å². The fourth-order valence-electron chi connectivity index (χ4n) is 2.51. The van der Waals surface area contributed by atoms with Crippen molar-refractivity contribution >= 4 is 5.97 Å². The number of ether oxygens (including phenoxy) is 1. The molecule has 0 bridgehead atoms. The zero-order valence-corrected chi connectivity index (χ0v) is 9.56. The average molecular weight is 220 g/mol. The quantitative estimate of drug-likeness (QED) is 0.777. The molecule has 0 aromatic heterocycles. The van der Waals surface area contributed by atoms with Gasteiger partial charge in [-0.05, 0) is 42.0 Å². The van der Waals surface area contributed by atoms with E-state index in [0.717, 1.165) is 18.4 Å². The first-order valence-corrected chi connectivity index (χ1v) is 5.53. The number of methoxy groups -OCH3 is 1. The van der Waals surface area contributed by atoms with Crippen molar-refractivity contribution in [1.29, 1.82) is 0 Å². The summed E-state index contributed by atoms with van der Waals surface area (Å²) in [6.07, 6.45) is 1.88. The van der Waals surface area contributed by atoms with Crippen LogP contribution in [-0.4, -0.2) is 18.2 Å². The van der Waals surface area contributed by atoms with Gasteiger partial charge in [-0.2, -0.15) is 0 Å². The molecule has 1 aliphatic rings. The monoisotopic (exact) mass is 220 g/mol. The van der Waals surface area contributed by atoms with Crippen LogP contribution in [0.5, 0.6) is 5.75 Å². The van der Waals surface area contributed by atoms with Gasteiger partial charge in [-0.3, -0.25) is 4.79 Å². The molecule has 2 atom stereocenters. The molecule has 0 heterocycles. The van der Waals surface area contributed by atoms with E-state index >= 15 is 0 Å². The predicted octanol–water partition coefficient (Wildman–Crippen LogP) is 2.23. The van der Waals surface area contributed by atoms with Crippen LogP contribution in [0.2, 0.25) is 0 Å². The molecule has 3 nitrogen and oxygen atoms in total. The summed E-state index contributed by atoms with van der Waals surface area (Å²) in [7, 11) is 1.42. The van der Waals surface area contributed by atoms with Crippen molar-refractivity contribution in [3.05, 3.63) is 29.3 Å². The largest absolute Gasteiger partial charge is 0.508 e. The van der Waals surface area contributed by atoms with Crippen LogP contribution in [0.3, 0.4) is 0 Å². The summed E-state index contributed by atoms with van der Waals surface area (Å²) in [4.78, 5) is 11.5. The Balaban J connectivity index is 2.26. The van der Waals surface area contributed by atoms with Crippen LogP contribution >= 0.6 is 0 Å². The Morgan fingerprint density at radius 2 is 2.31 bits per heavy atom. The third-order valence-corrected chi connectivity index (χ3v) is 3.43. The van der Waals surface area contributed by atoms with E-state index in [1.54, 1.807) is 12.1 Å². The van der Waals surface area contributed by atoms with Crippen LogP contribution in [-0.2, 0) is 16.0 Å². The lowest BCUT2D eigenvalue weighted by atomic mass is 9.89. The number of esters is 1. The fraction of sp³-hybridized carbons (Fsp3) is 0.462. The molecule has 2 rings (SSSR count). The molecule has 1 unspecified atom stereocenters. The number of aryl methyl sites for hydroxylation is 1. The Hall–Kier alpha value is -1.51. The first-order chi connectivity index (χ1) is 7.63. The number of fused-ring (bicyclic) bond motifs is 1. The molecule has 0 radical (unpaired) electrons. The number of hydrogen-bond donors (Lipinski definition) is 1. The van der Waals surface area contributed by atoms with E-state index in [0.29, 0.717) is 5.75 Å². The Kier molecular flexibility index (Phi) is 2.86. The van der Waals surface area contributed by atoms with E-state index in [-0.39, 0.29) is 17.8 Å². The Morgan fingerprint density at radius 3 is 3.00 bits per heavy atom. The number of carbonyl (C=O) groups is 1. The van der Waals surface area contributed by atoms with Gasteiger partial charge in [-0.25, -0.2) is 0 Å². The normalized spacial score (nSPS) is 20.2. The van der Waals surface area contributed by atoms with Gasteiger partial charge >= 0.3 is 5.97 Å². The predicted molar refractivity (Wildman–Crippen MR) is 60.3 cm³/mol. The molecule has 0 amide bonds. The molecular weight excluding hydrogens is 204 g/mol. The van der Waals surface area contributed by atoms with Gasteiger partial charge in [-0.1, -0.05) is 13.0 Å². The summed E-state index contributed by atoms with van der Waals surface area (Å²) in [5.41, 5.74) is 2.33. The number of carbonyl (C=O) groups excluding carboxylic acids is 1. The van der Waals surface area contributed by atoms with Gasteiger partial charge in [0.2, 0.25) is 0 Å². The van der Waals surface area contributed by atoms with Crippen molar-refractivity contribution in [3.63, 3.8) is 0 Å².